The third kappa shape index (κ3) is 2.99. The Bertz CT molecular complexity index is 646. The maximum absolute atomic E-state index is 11.2. The fourth-order valence-corrected chi connectivity index (χ4v) is 2.14. The Kier molecular flexibility index (Phi) is 4.08. The number of benzene rings is 2. The SMILES string of the molecule is C=CC(=O)OC(C)C(C)c1ccc2cc(O)ccc2c1. The van der Waals surface area contributed by atoms with E-state index < -0.39 is 5.97 Å². The highest BCUT2D eigenvalue weighted by molar-refractivity contribution is 5.84. The average Bonchev–Trinajstić information content (AvgIpc) is 2.45. The molecule has 0 amide bonds. The maximum Gasteiger partial charge on any atom is 0.330 e. The molecule has 2 rings (SSSR count). The van der Waals surface area contributed by atoms with Crippen molar-refractivity contribution in [1.29, 1.82) is 0 Å². The van der Waals surface area contributed by atoms with E-state index in [1.165, 1.54) is 6.08 Å². The molecule has 0 aliphatic heterocycles. The van der Waals surface area contributed by atoms with Gasteiger partial charge in [-0.2, -0.15) is 0 Å². The second kappa shape index (κ2) is 5.78. The minimum atomic E-state index is -0.407. The summed E-state index contributed by atoms with van der Waals surface area (Å²) in [6, 6.07) is 11.3. The minimum Gasteiger partial charge on any atom is -0.508 e. The lowest BCUT2D eigenvalue weighted by Gasteiger charge is -2.20. The molecule has 0 aliphatic carbocycles. The molecule has 0 fully saturated rings. The van der Waals surface area contributed by atoms with E-state index in [1.54, 1.807) is 12.1 Å². The van der Waals surface area contributed by atoms with Crippen LogP contribution in [0.15, 0.2) is 49.1 Å². The zero-order valence-corrected chi connectivity index (χ0v) is 11.7. The summed E-state index contributed by atoms with van der Waals surface area (Å²) >= 11 is 0. The first kappa shape index (κ1) is 14.1. The number of phenolic OH excluding ortho intramolecular Hbond substituents is 1. The Morgan fingerprint density at radius 2 is 1.85 bits per heavy atom. The number of ether oxygens (including phenoxy) is 1. The standard InChI is InChI=1S/C17H18O3/c1-4-17(19)20-12(3)11(2)13-5-6-15-10-16(18)8-7-14(15)9-13/h4-12,18H,1H2,2-3H3. The van der Waals surface area contributed by atoms with Crippen molar-refractivity contribution in [2.45, 2.75) is 25.9 Å². The zero-order chi connectivity index (χ0) is 14.7. The number of carbonyl (C=O) groups is 1. The maximum atomic E-state index is 11.2. The van der Waals surface area contributed by atoms with Crippen molar-refractivity contribution in [3.8, 4) is 5.75 Å². The first-order chi connectivity index (χ1) is 9.51. The molecule has 0 spiro atoms. The summed E-state index contributed by atoms with van der Waals surface area (Å²) < 4.78 is 5.25. The summed E-state index contributed by atoms with van der Waals surface area (Å²) in [5.74, 6) is -0.0706. The average molecular weight is 270 g/mol. The van der Waals surface area contributed by atoms with Gasteiger partial charge in [-0.1, -0.05) is 37.8 Å². The molecular weight excluding hydrogens is 252 g/mol. The highest BCUT2D eigenvalue weighted by Gasteiger charge is 2.17. The largest absolute Gasteiger partial charge is 0.508 e. The van der Waals surface area contributed by atoms with Crippen LogP contribution in [0.1, 0.15) is 25.3 Å². The van der Waals surface area contributed by atoms with Gasteiger partial charge in [-0.15, -0.1) is 0 Å². The summed E-state index contributed by atoms with van der Waals surface area (Å²) in [4.78, 5) is 11.2. The first-order valence-corrected chi connectivity index (χ1v) is 6.57. The van der Waals surface area contributed by atoms with Gasteiger partial charge < -0.3 is 9.84 Å². The van der Waals surface area contributed by atoms with Gasteiger partial charge in [0, 0.05) is 12.0 Å². The van der Waals surface area contributed by atoms with Crippen LogP contribution in [-0.2, 0) is 9.53 Å². The normalized spacial score (nSPS) is 13.7. The Labute approximate surface area is 118 Å². The van der Waals surface area contributed by atoms with Gasteiger partial charge in [-0.05, 0) is 35.4 Å². The van der Waals surface area contributed by atoms with Gasteiger partial charge in [-0.3, -0.25) is 0 Å². The molecule has 0 aromatic heterocycles. The highest BCUT2D eigenvalue weighted by Crippen LogP contribution is 2.27. The lowest BCUT2D eigenvalue weighted by molar-refractivity contribution is -0.143. The molecule has 2 aromatic carbocycles. The Morgan fingerprint density at radius 3 is 2.55 bits per heavy atom. The number of carbonyl (C=O) groups excluding carboxylic acids is 1. The summed E-state index contributed by atoms with van der Waals surface area (Å²) in [7, 11) is 0. The molecule has 104 valence electrons. The van der Waals surface area contributed by atoms with Crippen LogP contribution in [0.2, 0.25) is 0 Å². The molecule has 2 unspecified atom stereocenters. The fourth-order valence-electron chi connectivity index (χ4n) is 2.14. The van der Waals surface area contributed by atoms with E-state index in [1.807, 2.05) is 32.0 Å². The van der Waals surface area contributed by atoms with E-state index in [-0.39, 0.29) is 17.8 Å². The van der Waals surface area contributed by atoms with Gasteiger partial charge in [-0.25, -0.2) is 4.79 Å². The van der Waals surface area contributed by atoms with E-state index in [4.69, 9.17) is 4.74 Å². The smallest absolute Gasteiger partial charge is 0.330 e. The molecule has 3 heteroatoms. The number of fused-ring (bicyclic) bond motifs is 1. The van der Waals surface area contributed by atoms with Crippen LogP contribution in [-0.4, -0.2) is 17.2 Å². The van der Waals surface area contributed by atoms with Gasteiger partial charge in [0.1, 0.15) is 11.9 Å². The quantitative estimate of drug-likeness (QED) is 0.679. The van der Waals surface area contributed by atoms with Crippen molar-refractivity contribution in [1.82, 2.24) is 0 Å². The summed E-state index contributed by atoms with van der Waals surface area (Å²) in [6.07, 6.45) is 0.946. The Hall–Kier alpha value is -2.29. The predicted molar refractivity (Wildman–Crippen MR) is 79.8 cm³/mol. The van der Waals surface area contributed by atoms with Crippen molar-refractivity contribution < 1.29 is 14.6 Å². The summed E-state index contributed by atoms with van der Waals surface area (Å²) in [5.41, 5.74) is 1.09. The molecule has 20 heavy (non-hydrogen) atoms. The molecule has 0 saturated heterocycles. The fraction of sp³-hybridized carbons (Fsp3) is 0.235. The molecule has 1 N–H and O–H groups in total. The van der Waals surface area contributed by atoms with E-state index in [0.29, 0.717) is 0 Å². The van der Waals surface area contributed by atoms with Crippen LogP contribution in [0, 0.1) is 0 Å². The third-order valence-corrected chi connectivity index (χ3v) is 3.55. The number of hydrogen-bond donors (Lipinski definition) is 1. The lowest BCUT2D eigenvalue weighted by Crippen LogP contribution is -2.19. The molecular formula is C17H18O3. The van der Waals surface area contributed by atoms with Gasteiger partial charge in [0.05, 0.1) is 0 Å². The van der Waals surface area contributed by atoms with Crippen LogP contribution in [0.5, 0.6) is 5.75 Å². The molecule has 0 heterocycles. The number of phenols is 1. The van der Waals surface area contributed by atoms with E-state index in [2.05, 4.69) is 12.6 Å². The molecule has 0 bridgehead atoms. The van der Waals surface area contributed by atoms with E-state index >= 15 is 0 Å². The van der Waals surface area contributed by atoms with Crippen LogP contribution >= 0.6 is 0 Å². The molecule has 2 aromatic rings. The highest BCUT2D eigenvalue weighted by atomic mass is 16.5. The molecule has 0 radical (unpaired) electrons. The van der Waals surface area contributed by atoms with Crippen LogP contribution in [0.25, 0.3) is 10.8 Å². The molecule has 2 atom stereocenters. The first-order valence-electron chi connectivity index (χ1n) is 6.57. The van der Waals surface area contributed by atoms with Crippen molar-refractivity contribution in [2.75, 3.05) is 0 Å². The number of esters is 1. The van der Waals surface area contributed by atoms with E-state index in [0.717, 1.165) is 16.3 Å². The molecule has 0 aliphatic rings. The Balaban J connectivity index is 2.25. The van der Waals surface area contributed by atoms with Crippen molar-refractivity contribution in [3.05, 3.63) is 54.6 Å². The van der Waals surface area contributed by atoms with Crippen LogP contribution in [0.3, 0.4) is 0 Å². The topological polar surface area (TPSA) is 46.5 Å². The van der Waals surface area contributed by atoms with Gasteiger partial charge in [0.2, 0.25) is 0 Å². The predicted octanol–water partition coefficient (Wildman–Crippen LogP) is 3.77. The third-order valence-electron chi connectivity index (χ3n) is 3.55. The molecule has 0 saturated carbocycles. The van der Waals surface area contributed by atoms with Gasteiger partial charge >= 0.3 is 5.97 Å². The van der Waals surface area contributed by atoms with Crippen LogP contribution < -0.4 is 0 Å². The lowest BCUT2D eigenvalue weighted by atomic mass is 9.94. The summed E-state index contributed by atoms with van der Waals surface area (Å²) in [6.45, 7) is 7.28. The zero-order valence-electron chi connectivity index (χ0n) is 11.7. The molecule has 3 nitrogen and oxygen atoms in total. The number of aromatic hydroxyl groups is 1. The van der Waals surface area contributed by atoms with Gasteiger partial charge in [0.15, 0.2) is 0 Å². The number of rotatable bonds is 4. The second-order valence-corrected chi connectivity index (χ2v) is 4.93. The monoisotopic (exact) mass is 270 g/mol. The van der Waals surface area contributed by atoms with Gasteiger partial charge in [0.25, 0.3) is 0 Å². The van der Waals surface area contributed by atoms with Crippen LogP contribution in [0.4, 0.5) is 0 Å². The number of hydrogen-bond acceptors (Lipinski definition) is 3. The van der Waals surface area contributed by atoms with E-state index in [9.17, 15) is 9.90 Å². The van der Waals surface area contributed by atoms with Crippen molar-refractivity contribution >= 4 is 16.7 Å². The summed E-state index contributed by atoms with van der Waals surface area (Å²) in [5, 5.41) is 11.5. The second-order valence-electron chi connectivity index (χ2n) is 4.93. The minimum absolute atomic E-state index is 0.0807. The van der Waals surface area contributed by atoms with Crippen molar-refractivity contribution in [2.24, 2.45) is 0 Å². The Morgan fingerprint density at radius 1 is 1.20 bits per heavy atom. The van der Waals surface area contributed by atoms with Crippen molar-refractivity contribution in [3.63, 3.8) is 0 Å².